The molecule has 2 aromatic rings. The molecule has 112 valence electrons. The van der Waals surface area contributed by atoms with Gasteiger partial charge in [-0.2, -0.15) is 0 Å². The van der Waals surface area contributed by atoms with Gasteiger partial charge in [-0.15, -0.1) is 0 Å². The Kier molecular flexibility index (Phi) is 5.68. The van der Waals surface area contributed by atoms with E-state index in [9.17, 15) is 0 Å². The van der Waals surface area contributed by atoms with Crippen molar-refractivity contribution in [2.75, 3.05) is 14.2 Å². The van der Waals surface area contributed by atoms with Crippen LogP contribution in [0.25, 0.3) is 0 Å². The molecule has 2 aromatic carbocycles. The SMILES string of the molecule is CNC(Cc1cc(C)ccc1OC)c1ccc(Br)c(Cl)c1. The molecule has 0 spiro atoms. The molecule has 0 bridgehead atoms. The van der Waals surface area contributed by atoms with Crippen molar-refractivity contribution in [1.29, 1.82) is 0 Å². The molecule has 0 aliphatic rings. The van der Waals surface area contributed by atoms with Crippen LogP contribution in [0.3, 0.4) is 0 Å². The maximum atomic E-state index is 6.20. The van der Waals surface area contributed by atoms with Crippen LogP contribution in [0.5, 0.6) is 5.75 Å². The summed E-state index contributed by atoms with van der Waals surface area (Å²) in [5.41, 5.74) is 3.58. The second-order valence-corrected chi connectivity index (χ2v) is 6.30. The Labute approximate surface area is 139 Å². The molecule has 0 aromatic heterocycles. The lowest BCUT2D eigenvalue weighted by molar-refractivity contribution is 0.406. The summed E-state index contributed by atoms with van der Waals surface area (Å²) in [4.78, 5) is 0. The minimum Gasteiger partial charge on any atom is -0.496 e. The van der Waals surface area contributed by atoms with Gasteiger partial charge in [-0.25, -0.2) is 0 Å². The van der Waals surface area contributed by atoms with Gasteiger partial charge >= 0.3 is 0 Å². The minimum absolute atomic E-state index is 0.186. The van der Waals surface area contributed by atoms with Crippen molar-refractivity contribution in [3.63, 3.8) is 0 Å². The summed E-state index contributed by atoms with van der Waals surface area (Å²) in [6.07, 6.45) is 0.847. The van der Waals surface area contributed by atoms with E-state index >= 15 is 0 Å². The Balaban J connectivity index is 2.30. The number of likely N-dealkylation sites (N-methyl/N-ethyl adjacent to an activating group) is 1. The topological polar surface area (TPSA) is 21.3 Å². The van der Waals surface area contributed by atoms with Crippen LogP contribution in [0.15, 0.2) is 40.9 Å². The van der Waals surface area contributed by atoms with Crippen molar-refractivity contribution in [2.24, 2.45) is 0 Å². The van der Waals surface area contributed by atoms with Crippen molar-refractivity contribution in [1.82, 2.24) is 5.32 Å². The lowest BCUT2D eigenvalue weighted by Crippen LogP contribution is -2.19. The smallest absolute Gasteiger partial charge is 0.122 e. The number of ether oxygens (including phenoxy) is 1. The average molecular weight is 369 g/mol. The molecule has 0 aliphatic carbocycles. The van der Waals surface area contributed by atoms with Crippen LogP contribution in [-0.4, -0.2) is 14.2 Å². The molecule has 1 atom stereocenters. The van der Waals surface area contributed by atoms with Gasteiger partial charge in [0.25, 0.3) is 0 Å². The Morgan fingerprint density at radius 1 is 1.24 bits per heavy atom. The van der Waals surface area contributed by atoms with Crippen molar-refractivity contribution < 1.29 is 4.74 Å². The highest BCUT2D eigenvalue weighted by Gasteiger charge is 2.14. The van der Waals surface area contributed by atoms with Crippen LogP contribution in [0.1, 0.15) is 22.7 Å². The van der Waals surface area contributed by atoms with Gasteiger partial charge in [-0.1, -0.05) is 35.4 Å². The van der Waals surface area contributed by atoms with E-state index in [1.807, 2.05) is 25.2 Å². The summed E-state index contributed by atoms with van der Waals surface area (Å²) in [5.74, 6) is 0.920. The Morgan fingerprint density at radius 3 is 2.62 bits per heavy atom. The minimum atomic E-state index is 0.186. The number of benzene rings is 2. The fraction of sp³-hybridized carbons (Fsp3) is 0.294. The monoisotopic (exact) mass is 367 g/mol. The summed E-state index contributed by atoms with van der Waals surface area (Å²) in [6, 6.07) is 12.5. The average Bonchev–Trinajstić information content (AvgIpc) is 2.48. The number of methoxy groups -OCH3 is 1. The van der Waals surface area contributed by atoms with E-state index in [1.165, 1.54) is 11.1 Å². The molecule has 0 saturated heterocycles. The summed E-state index contributed by atoms with van der Waals surface area (Å²) in [6.45, 7) is 2.09. The molecular formula is C17H19BrClNO. The van der Waals surface area contributed by atoms with E-state index in [0.29, 0.717) is 0 Å². The summed E-state index contributed by atoms with van der Waals surface area (Å²) in [5, 5.41) is 4.08. The van der Waals surface area contributed by atoms with Gasteiger partial charge in [0, 0.05) is 10.5 Å². The Hall–Kier alpha value is -1.03. The molecule has 0 heterocycles. The zero-order valence-electron chi connectivity index (χ0n) is 12.4. The molecule has 0 amide bonds. The van der Waals surface area contributed by atoms with Crippen LogP contribution < -0.4 is 10.1 Å². The predicted molar refractivity (Wildman–Crippen MR) is 92.4 cm³/mol. The number of nitrogens with one attached hydrogen (secondary N) is 1. The Morgan fingerprint density at radius 2 is 2.00 bits per heavy atom. The van der Waals surface area contributed by atoms with Gasteiger partial charge in [0.05, 0.1) is 12.1 Å². The van der Waals surface area contributed by atoms with Crippen LogP contribution >= 0.6 is 27.5 Å². The molecule has 21 heavy (non-hydrogen) atoms. The van der Waals surface area contributed by atoms with E-state index < -0.39 is 0 Å². The van der Waals surface area contributed by atoms with Gasteiger partial charge < -0.3 is 10.1 Å². The second-order valence-electron chi connectivity index (χ2n) is 5.03. The zero-order chi connectivity index (χ0) is 15.4. The summed E-state index contributed by atoms with van der Waals surface area (Å²) >= 11 is 9.63. The van der Waals surface area contributed by atoms with Crippen LogP contribution in [-0.2, 0) is 6.42 Å². The maximum absolute atomic E-state index is 6.20. The third-order valence-corrected chi connectivity index (χ3v) is 4.79. The van der Waals surface area contributed by atoms with E-state index in [4.69, 9.17) is 16.3 Å². The highest BCUT2D eigenvalue weighted by Crippen LogP contribution is 2.30. The molecule has 0 saturated carbocycles. The zero-order valence-corrected chi connectivity index (χ0v) is 14.8. The van der Waals surface area contributed by atoms with Crippen molar-refractivity contribution in [2.45, 2.75) is 19.4 Å². The van der Waals surface area contributed by atoms with Crippen molar-refractivity contribution in [3.8, 4) is 5.75 Å². The largest absolute Gasteiger partial charge is 0.496 e. The third kappa shape index (κ3) is 4.00. The van der Waals surface area contributed by atoms with E-state index in [0.717, 1.165) is 27.2 Å². The number of hydrogen-bond acceptors (Lipinski definition) is 2. The van der Waals surface area contributed by atoms with Gasteiger partial charge in [-0.05, 0) is 65.6 Å². The van der Waals surface area contributed by atoms with Gasteiger partial charge in [0.1, 0.15) is 5.75 Å². The fourth-order valence-corrected chi connectivity index (χ4v) is 2.84. The second kappa shape index (κ2) is 7.30. The van der Waals surface area contributed by atoms with Crippen LogP contribution in [0.4, 0.5) is 0 Å². The molecule has 0 radical (unpaired) electrons. The number of halogens is 2. The van der Waals surface area contributed by atoms with Gasteiger partial charge in [0.15, 0.2) is 0 Å². The molecule has 4 heteroatoms. The van der Waals surface area contributed by atoms with Crippen LogP contribution in [0, 0.1) is 6.92 Å². The molecule has 1 N–H and O–H groups in total. The van der Waals surface area contributed by atoms with Gasteiger partial charge in [0.2, 0.25) is 0 Å². The highest BCUT2D eigenvalue weighted by atomic mass is 79.9. The van der Waals surface area contributed by atoms with E-state index in [-0.39, 0.29) is 6.04 Å². The maximum Gasteiger partial charge on any atom is 0.122 e. The normalized spacial score (nSPS) is 12.2. The number of hydrogen-bond donors (Lipinski definition) is 1. The first-order chi connectivity index (χ1) is 10.0. The quantitative estimate of drug-likeness (QED) is 0.808. The molecule has 0 fully saturated rings. The first-order valence-electron chi connectivity index (χ1n) is 6.81. The molecule has 2 rings (SSSR count). The molecular weight excluding hydrogens is 350 g/mol. The highest BCUT2D eigenvalue weighted by molar-refractivity contribution is 9.10. The van der Waals surface area contributed by atoms with E-state index in [2.05, 4.69) is 46.4 Å². The van der Waals surface area contributed by atoms with Crippen molar-refractivity contribution >= 4 is 27.5 Å². The summed E-state index contributed by atoms with van der Waals surface area (Å²) < 4.78 is 6.38. The first kappa shape index (κ1) is 16.3. The lowest BCUT2D eigenvalue weighted by Gasteiger charge is -2.19. The lowest BCUT2D eigenvalue weighted by atomic mass is 9.97. The summed E-state index contributed by atoms with van der Waals surface area (Å²) in [7, 11) is 3.67. The molecule has 2 nitrogen and oxygen atoms in total. The fourth-order valence-electron chi connectivity index (χ4n) is 2.40. The predicted octanol–water partition coefficient (Wildman–Crippen LogP) is 4.92. The number of aryl methyl sites for hydroxylation is 1. The Bertz CT molecular complexity index is 630. The third-order valence-electron chi connectivity index (χ3n) is 3.55. The van der Waals surface area contributed by atoms with Crippen LogP contribution in [0.2, 0.25) is 5.02 Å². The van der Waals surface area contributed by atoms with E-state index in [1.54, 1.807) is 7.11 Å². The molecule has 1 unspecified atom stereocenters. The standard InChI is InChI=1S/C17H19BrClNO/c1-11-4-7-17(21-3)13(8-11)10-16(20-2)12-5-6-14(18)15(19)9-12/h4-9,16,20H,10H2,1-3H3. The number of rotatable bonds is 5. The van der Waals surface area contributed by atoms with Gasteiger partial charge in [-0.3, -0.25) is 0 Å². The molecule has 0 aliphatic heterocycles. The first-order valence-corrected chi connectivity index (χ1v) is 7.98. The van der Waals surface area contributed by atoms with Crippen molar-refractivity contribution in [3.05, 3.63) is 62.6 Å².